The molecule has 0 saturated carbocycles. The number of ether oxygens (including phenoxy) is 3. The minimum atomic E-state index is -1.45. The third-order valence-electron chi connectivity index (χ3n) is 2.81. The second kappa shape index (κ2) is 8.38. The van der Waals surface area contributed by atoms with Crippen LogP contribution in [0.25, 0.3) is 0 Å². The first kappa shape index (κ1) is 18.0. The van der Waals surface area contributed by atoms with Crippen LogP contribution in [0.15, 0.2) is 11.5 Å². The number of hydrogen-bond acceptors (Lipinski definition) is 8. The lowest BCUT2D eigenvalue weighted by Crippen LogP contribution is -2.33. The highest BCUT2D eigenvalue weighted by Gasteiger charge is 2.41. The largest absolute Gasteiger partial charge is 0.505 e. The van der Waals surface area contributed by atoms with Crippen LogP contribution in [0.3, 0.4) is 0 Å². The second-order valence-electron chi connectivity index (χ2n) is 4.76. The molecule has 124 valence electrons. The molecule has 1 aliphatic heterocycles. The highest BCUT2D eigenvalue weighted by molar-refractivity contribution is 5.92. The maximum absolute atomic E-state index is 11.5. The van der Waals surface area contributed by atoms with Crippen LogP contribution in [0, 0.1) is 0 Å². The van der Waals surface area contributed by atoms with E-state index in [1.54, 1.807) is 13.8 Å². The maximum Gasteiger partial charge on any atom is 0.378 e. The first-order chi connectivity index (χ1) is 10.4. The van der Waals surface area contributed by atoms with Gasteiger partial charge in [-0.15, -0.1) is 0 Å². The van der Waals surface area contributed by atoms with Gasteiger partial charge >= 0.3 is 17.9 Å². The van der Waals surface area contributed by atoms with Gasteiger partial charge in [-0.3, -0.25) is 9.59 Å². The molecule has 2 N–H and O–H groups in total. The van der Waals surface area contributed by atoms with Gasteiger partial charge in [0.05, 0.1) is 0 Å². The molecule has 2 atom stereocenters. The zero-order chi connectivity index (χ0) is 16.7. The quantitative estimate of drug-likeness (QED) is 0.497. The van der Waals surface area contributed by atoms with Crippen molar-refractivity contribution in [3.63, 3.8) is 0 Å². The van der Waals surface area contributed by atoms with Crippen LogP contribution in [0.5, 0.6) is 0 Å². The topological polar surface area (TPSA) is 119 Å². The molecule has 0 amide bonds. The molecule has 0 aromatic heterocycles. The van der Waals surface area contributed by atoms with Crippen molar-refractivity contribution in [3.05, 3.63) is 11.5 Å². The molecule has 0 unspecified atom stereocenters. The molecule has 1 aliphatic rings. The van der Waals surface area contributed by atoms with Crippen LogP contribution in [-0.2, 0) is 28.6 Å². The average molecular weight is 316 g/mol. The molecule has 0 saturated heterocycles. The van der Waals surface area contributed by atoms with E-state index in [-0.39, 0.29) is 12.8 Å². The summed E-state index contributed by atoms with van der Waals surface area (Å²) in [5.41, 5.74) is 0. The molecule has 0 radical (unpaired) electrons. The van der Waals surface area contributed by atoms with Crippen molar-refractivity contribution in [1.29, 1.82) is 0 Å². The van der Waals surface area contributed by atoms with Crippen molar-refractivity contribution in [2.75, 3.05) is 6.61 Å². The standard InChI is InChI=1S/C14H20O8/c1-3-5-9(16)20-7-8(15)12-11(18)13(14(19)22-12)21-10(17)6-4-2/h8,12,15,18H,3-7H2,1-2H3/t8-,12+/m1/s1. The van der Waals surface area contributed by atoms with Crippen LogP contribution < -0.4 is 0 Å². The molecule has 8 nitrogen and oxygen atoms in total. The van der Waals surface area contributed by atoms with E-state index in [9.17, 15) is 24.6 Å². The molecule has 0 aromatic carbocycles. The number of rotatable bonds is 8. The van der Waals surface area contributed by atoms with Gasteiger partial charge in [0.15, 0.2) is 11.9 Å². The minimum absolute atomic E-state index is 0.0753. The smallest absolute Gasteiger partial charge is 0.378 e. The van der Waals surface area contributed by atoms with Gasteiger partial charge in [-0.05, 0) is 12.8 Å². The van der Waals surface area contributed by atoms with Crippen molar-refractivity contribution in [3.8, 4) is 0 Å². The number of esters is 3. The SMILES string of the molecule is CCCC(=O)OC[C@@H](O)[C@@H]1OC(=O)C(OC(=O)CCC)=C1O. The Morgan fingerprint density at radius 1 is 1.23 bits per heavy atom. The number of aliphatic hydroxyl groups excluding tert-OH is 2. The summed E-state index contributed by atoms with van der Waals surface area (Å²) in [6.07, 6.45) is -1.50. The lowest BCUT2D eigenvalue weighted by molar-refractivity contribution is -0.157. The molecular weight excluding hydrogens is 296 g/mol. The van der Waals surface area contributed by atoms with Crippen LogP contribution >= 0.6 is 0 Å². The van der Waals surface area contributed by atoms with Crippen LogP contribution in [0.1, 0.15) is 39.5 Å². The van der Waals surface area contributed by atoms with Crippen molar-refractivity contribution >= 4 is 17.9 Å². The summed E-state index contributed by atoms with van der Waals surface area (Å²) in [5.74, 6) is -3.57. The maximum atomic E-state index is 11.5. The first-order valence-electron chi connectivity index (χ1n) is 7.09. The van der Waals surface area contributed by atoms with Gasteiger partial charge in [-0.25, -0.2) is 4.79 Å². The van der Waals surface area contributed by atoms with E-state index in [0.29, 0.717) is 12.8 Å². The lowest BCUT2D eigenvalue weighted by atomic mass is 10.2. The van der Waals surface area contributed by atoms with Crippen LogP contribution in [-0.4, -0.2) is 46.9 Å². The fourth-order valence-electron chi connectivity index (χ4n) is 1.72. The molecule has 0 aliphatic carbocycles. The van der Waals surface area contributed by atoms with Gasteiger partial charge in [-0.2, -0.15) is 0 Å². The zero-order valence-corrected chi connectivity index (χ0v) is 12.5. The summed E-state index contributed by atoms with van der Waals surface area (Å²) in [6.45, 7) is 3.10. The van der Waals surface area contributed by atoms with Gasteiger partial charge < -0.3 is 24.4 Å². The minimum Gasteiger partial charge on any atom is -0.505 e. The molecule has 0 aromatic rings. The van der Waals surface area contributed by atoms with Crippen molar-refractivity contribution in [2.24, 2.45) is 0 Å². The van der Waals surface area contributed by atoms with Gasteiger partial charge in [0.25, 0.3) is 5.76 Å². The Labute approximate surface area is 127 Å². The van der Waals surface area contributed by atoms with E-state index in [2.05, 4.69) is 0 Å². The summed E-state index contributed by atoms with van der Waals surface area (Å²) in [6, 6.07) is 0. The number of carbonyl (C=O) groups is 3. The molecule has 22 heavy (non-hydrogen) atoms. The Bertz CT molecular complexity index is 467. The number of cyclic esters (lactones) is 1. The van der Waals surface area contributed by atoms with E-state index in [1.807, 2.05) is 0 Å². The summed E-state index contributed by atoms with van der Waals surface area (Å²) in [7, 11) is 0. The normalized spacial score (nSPS) is 18.9. The fraction of sp³-hybridized carbons (Fsp3) is 0.643. The summed E-state index contributed by atoms with van der Waals surface area (Å²) in [4.78, 5) is 34.1. The molecular formula is C14H20O8. The second-order valence-corrected chi connectivity index (χ2v) is 4.76. The summed E-state index contributed by atoms with van der Waals surface area (Å²) < 4.78 is 14.2. The summed E-state index contributed by atoms with van der Waals surface area (Å²) >= 11 is 0. The predicted molar refractivity (Wildman–Crippen MR) is 72.4 cm³/mol. The molecule has 0 spiro atoms. The van der Waals surface area contributed by atoms with Gasteiger partial charge in [0.1, 0.15) is 12.7 Å². The molecule has 1 heterocycles. The fourth-order valence-corrected chi connectivity index (χ4v) is 1.72. The number of carbonyl (C=O) groups excluding carboxylic acids is 3. The van der Waals surface area contributed by atoms with Crippen molar-refractivity contribution in [1.82, 2.24) is 0 Å². The highest BCUT2D eigenvalue weighted by atomic mass is 16.6. The van der Waals surface area contributed by atoms with Crippen molar-refractivity contribution in [2.45, 2.75) is 51.7 Å². The van der Waals surface area contributed by atoms with Crippen molar-refractivity contribution < 1.29 is 38.8 Å². The monoisotopic (exact) mass is 316 g/mol. The van der Waals surface area contributed by atoms with E-state index in [4.69, 9.17) is 14.2 Å². The Hall–Kier alpha value is -2.09. The number of hydrogen-bond donors (Lipinski definition) is 2. The van der Waals surface area contributed by atoms with E-state index in [0.717, 1.165) is 0 Å². The molecule has 8 heteroatoms. The summed E-state index contributed by atoms with van der Waals surface area (Å²) in [5, 5.41) is 19.7. The van der Waals surface area contributed by atoms with Crippen LogP contribution in [0.4, 0.5) is 0 Å². The molecule has 1 rings (SSSR count). The molecule has 0 fully saturated rings. The van der Waals surface area contributed by atoms with E-state index in [1.165, 1.54) is 0 Å². The third-order valence-corrected chi connectivity index (χ3v) is 2.81. The Morgan fingerprint density at radius 3 is 2.41 bits per heavy atom. The van der Waals surface area contributed by atoms with Gasteiger partial charge in [0.2, 0.25) is 0 Å². The Balaban J connectivity index is 2.64. The lowest BCUT2D eigenvalue weighted by Gasteiger charge is -2.16. The van der Waals surface area contributed by atoms with E-state index < -0.39 is 48.2 Å². The predicted octanol–water partition coefficient (Wildman–Crippen LogP) is 0.729. The molecule has 0 bridgehead atoms. The highest BCUT2D eigenvalue weighted by Crippen LogP contribution is 2.25. The van der Waals surface area contributed by atoms with Gasteiger partial charge in [0, 0.05) is 12.8 Å². The Morgan fingerprint density at radius 2 is 1.82 bits per heavy atom. The third kappa shape index (κ3) is 4.73. The van der Waals surface area contributed by atoms with E-state index >= 15 is 0 Å². The first-order valence-corrected chi connectivity index (χ1v) is 7.09. The number of aliphatic hydroxyl groups is 2. The Kier molecular flexibility index (Phi) is 6.84. The average Bonchev–Trinajstić information content (AvgIpc) is 2.73. The zero-order valence-electron chi connectivity index (χ0n) is 12.5. The van der Waals surface area contributed by atoms with Gasteiger partial charge in [-0.1, -0.05) is 13.8 Å². The van der Waals surface area contributed by atoms with Crippen LogP contribution in [0.2, 0.25) is 0 Å².